The van der Waals surface area contributed by atoms with Crippen LogP contribution in [0.4, 0.5) is 19.0 Å². The third-order valence-electron chi connectivity index (χ3n) is 1.36. The van der Waals surface area contributed by atoms with Gasteiger partial charge in [0.15, 0.2) is 5.82 Å². The van der Waals surface area contributed by atoms with Crippen molar-refractivity contribution in [1.29, 1.82) is 5.26 Å². The molecule has 0 aliphatic heterocycles. The van der Waals surface area contributed by atoms with E-state index in [4.69, 9.17) is 11.0 Å². The van der Waals surface area contributed by atoms with E-state index in [0.29, 0.717) is 6.07 Å². The molecule has 0 saturated carbocycles. The minimum atomic E-state index is -3.03. The van der Waals surface area contributed by atoms with Gasteiger partial charge in [-0.15, -0.1) is 0 Å². The molecule has 1 rings (SSSR count). The van der Waals surface area contributed by atoms with Crippen LogP contribution in [0.5, 0.6) is 0 Å². The van der Waals surface area contributed by atoms with Crippen molar-refractivity contribution in [2.45, 2.75) is 6.43 Å². The molecule has 0 bridgehead atoms. The number of hydrogen-bond acceptors (Lipinski definition) is 3. The average Bonchev–Trinajstić information content (AvgIpc) is 2.07. The second kappa shape index (κ2) is 3.31. The molecule has 0 spiro atoms. The summed E-state index contributed by atoms with van der Waals surface area (Å²) in [7, 11) is 0. The van der Waals surface area contributed by atoms with E-state index in [9.17, 15) is 13.2 Å². The Hall–Kier alpha value is -1.77. The van der Waals surface area contributed by atoms with Gasteiger partial charge >= 0.3 is 0 Å². The molecule has 0 aromatic carbocycles. The summed E-state index contributed by atoms with van der Waals surface area (Å²) in [5.41, 5.74) is 3.83. The highest BCUT2D eigenvalue weighted by Gasteiger charge is 2.17. The minimum absolute atomic E-state index is 0.248. The van der Waals surface area contributed by atoms with Gasteiger partial charge in [0, 0.05) is 0 Å². The smallest absolute Gasteiger partial charge is 0.283 e. The summed E-state index contributed by atoms with van der Waals surface area (Å²) in [6.07, 6.45) is -3.03. The van der Waals surface area contributed by atoms with Crippen LogP contribution in [0.15, 0.2) is 6.07 Å². The molecule has 1 aromatic rings. The van der Waals surface area contributed by atoms with Gasteiger partial charge in [-0.05, 0) is 6.07 Å². The van der Waals surface area contributed by atoms with E-state index in [1.807, 2.05) is 0 Å². The Morgan fingerprint density at radius 3 is 2.62 bits per heavy atom. The van der Waals surface area contributed by atoms with Crippen molar-refractivity contribution in [1.82, 2.24) is 4.98 Å². The van der Waals surface area contributed by atoms with Gasteiger partial charge in [0.2, 0.25) is 0 Å². The average molecular weight is 187 g/mol. The summed E-state index contributed by atoms with van der Waals surface area (Å²) < 4.78 is 36.7. The fourth-order valence-electron chi connectivity index (χ4n) is 0.761. The summed E-state index contributed by atoms with van der Waals surface area (Å²) in [4.78, 5) is 3.07. The molecule has 0 unspecified atom stereocenters. The Balaban J connectivity index is 3.31. The number of nitrogens with two attached hydrogens (primary N) is 1. The van der Waals surface area contributed by atoms with E-state index in [2.05, 4.69) is 4.98 Å². The fraction of sp³-hybridized carbons (Fsp3) is 0.143. The van der Waals surface area contributed by atoms with E-state index >= 15 is 0 Å². The third-order valence-corrected chi connectivity index (χ3v) is 1.36. The molecular formula is C7H4F3N3. The number of alkyl halides is 2. The van der Waals surface area contributed by atoms with Crippen molar-refractivity contribution in [2.75, 3.05) is 5.73 Å². The molecule has 68 valence electrons. The predicted molar refractivity (Wildman–Crippen MR) is 38.3 cm³/mol. The molecule has 13 heavy (non-hydrogen) atoms. The number of rotatable bonds is 1. The van der Waals surface area contributed by atoms with Gasteiger partial charge in [0.05, 0.1) is 5.56 Å². The Morgan fingerprint density at radius 2 is 2.15 bits per heavy atom. The second-order valence-electron chi connectivity index (χ2n) is 2.20. The monoisotopic (exact) mass is 187 g/mol. The van der Waals surface area contributed by atoms with Crippen molar-refractivity contribution >= 4 is 5.82 Å². The fourth-order valence-corrected chi connectivity index (χ4v) is 0.761. The van der Waals surface area contributed by atoms with Crippen LogP contribution in [0, 0.1) is 17.1 Å². The van der Waals surface area contributed by atoms with E-state index in [0.717, 1.165) is 0 Å². The van der Waals surface area contributed by atoms with Crippen molar-refractivity contribution in [2.24, 2.45) is 0 Å². The van der Waals surface area contributed by atoms with E-state index in [1.165, 1.54) is 6.07 Å². The van der Waals surface area contributed by atoms with Gasteiger partial charge in [-0.3, -0.25) is 0 Å². The molecule has 0 aliphatic carbocycles. The SMILES string of the molecule is N#Cc1cc(F)c(C(F)F)nc1N. The lowest BCUT2D eigenvalue weighted by Gasteiger charge is -2.02. The molecule has 0 amide bonds. The van der Waals surface area contributed by atoms with Crippen LogP contribution >= 0.6 is 0 Å². The van der Waals surface area contributed by atoms with Crippen molar-refractivity contribution in [3.8, 4) is 6.07 Å². The van der Waals surface area contributed by atoms with Gasteiger partial charge in [0.25, 0.3) is 6.43 Å². The van der Waals surface area contributed by atoms with Gasteiger partial charge < -0.3 is 5.73 Å². The lowest BCUT2D eigenvalue weighted by molar-refractivity contribution is 0.141. The van der Waals surface area contributed by atoms with Crippen LogP contribution < -0.4 is 5.73 Å². The molecule has 0 radical (unpaired) electrons. The minimum Gasteiger partial charge on any atom is -0.383 e. The molecule has 0 aliphatic rings. The van der Waals surface area contributed by atoms with Gasteiger partial charge in [-0.1, -0.05) is 0 Å². The molecule has 6 heteroatoms. The maximum absolute atomic E-state index is 12.7. The van der Waals surface area contributed by atoms with Crippen LogP contribution in [-0.2, 0) is 0 Å². The Labute approximate surface area is 71.6 Å². The number of hydrogen-bond donors (Lipinski definition) is 1. The van der Waals surface area contributed by atoms with Crippen molar-refractivity contribution in [3.05, 3.63) is 23.1 Å². The van der Waals surface area contributed by atoms with E-state index < -0.39 is 17.9 Å². The predicted octanol–water partition coefficient (Wildman–Crippen LogP) is 1.61. The van der Waals surface area contributed by atoms with Gasteiger partial charge in [-0.25, -0.2) is 18.2 Å². The summed E-state index contributed by atoms with van der Waals surface area (Å²) >= 11 is 0. The number of nitrogen functional groups attached to an aromatic ring is 1. The summed E-state index contributed by atoms with van der Waals surface area (Å²) in [6, 6.07) is 2.17. The Bertz CT molecular complexity index is 370. The van der Waals surface area contributed by atoms with E-state index in [-0.39, 0.29) is 11.4 Å². The third kappa shape index (κ3) is 1.69. The molecule has 0 fully saturated rings. The zero-order valence-electron chi connectivity index (χ0n) is 6.26. The highest BCUT2D eigenvalue weighted by atomic mass is 19.3. The normalized spacial score (nSPS) is 10.1. The first-order valence-corrected chi connectivity index (χ1v) is 3.20. The number of aromatic nitrogens is 1. The standard InChI is InChI=1S/C7H4F3N3/c8-4-1-3(2-11)7(12)13-5(4)6(9)10/h1,6H,(H2,12,13). The van der Waals surface area contributed by atoms with Crippen LogP contribution in [0.1, 0.15) is 17.7 Å². The lowest BCUT2D eigenvalue weighted by atomic mass is 10.2. The topological polar surface area (TPSA) is 62.7 Å². The molecule has 0 saturated heterocycles. The summed E-state index contributed by atoms with van der Waals surface area (Å²) in [5.74, 6) is -1.61. The molecule has 2 N–H and O–H groups in total. The first-order chi connectivity index (χ1) is 6.06. The number of pyridine rings is 1. The highest BCUT2D eigenvalue weighted by Crippen LogP contribution is 2.22. The first-order valence-electron chi connectivity index (χ1n) is 3.20. The molecule has 1 aromatic heterocycles. The summed E-state index contributed by atoms with van der Waals surface area (Å²) in [5, 5.41) is 8.35. The Morgan fingerprint density at radius 1 is 1.54 bits per heavy atom. The van der Waals surface area contributed by atoms with Crippen LogP contribution in [0.3, 0.4) is 0 Å². The van der Waals surface area contributed by atoms with Crippen LogP contribution in [0.2, 0.25) is 0 Å². The van der Waals surface area contributed by atoms with Crippen LogP contribution in [-0.4, -0.2) is 4.98 Å². The zero-order valence-corrected chi connectivity index (χ0v) is 6.26. The number of nitrogens with zero attached hydrogens (tertiary/aromatic N) is 2. The quantitative estimate of drug-likeness (QED) is 0.726. The highest BCUT2D eigenvalue weighted by molar-refractivity contribution is 5.49. The largest absolute Gasteiger partial charge is 0.383 e. The first kappa shape index (κ1) is 9.32. The van der Waals surface area contributed by atoms with Gasteiger partial charge in [-0.2, -0.15) is 5.26 Å². The zero-order chi connectivity index (χ0) is 10.0. The Kier molecular flexibility index (Phi) is 2.37. The van der Waals surface area contributed by atoms with Crippen molar-refractivity contribution in [3.63, 3.8) is 0 Å². The lowest BCUT2D eigenvalue weighted by Crippen LogP contribution is -2.02. The van der Waals surface area contributed by atoms with E-state index in [1.54, 1.807) is 0 Å². The molecular weight excluding hydrogens is 183 g/mol. The molecule has 3 nitrogen and oxygen atoms in total. The summed E-state index contributed by atoms with van der Waals surface area (Å²) in [6.45, 7) is 0. The number of anilines is 1. The number of halogens is 3. The van der Waals surface area contributed by atoms with Crippen molar-refractivity contribution < 1.29 is 13.2 Å². The van der Waals surface area contributed by atoms with Gasteiger partial charge in [0.1, 0.15) is 17.6 Å². The molecule has 0 atom stereocenters. The van der Waals surface area contributed by atoms with Crippen LogP contribution in [0.25, 0.3) is 0 Å². The maximum atomic E-state index is 12.7. The molecule has 1 heterocycles. The second-order valence-corrected chi connectivity index (χ2v) is 2.20. The maximum Gasteiger partial charge on any atom is 0.283 e. The number of nitriles is 1.